The normalized spacial score (nSPS) is 11.6. The number of halogens is 1. The molecule has 0 radical (unpaired) electrons. The largest absolute Gasteiger partial charge is 0.481 e. The Hall–Kier alpha value is -2.71. The van der Waals surface area contributed by atoms with Crippen LogP contribution in [0.2, 0.25) is 0 Å². The fourth-order valence-electron chi connectivity index (χ4n) is 2.87. The van der Waals surface area contributed by atoms with E-state index in [1.807, 2.05) is 6.07 Å². The highest BCUT2D eigenvalue weighted by Gasteiger charge is 2.25. The van der Waals surface area contributed by atoms with Crippen LogP contribution in [-0.2, 0) is 10.0 Å². The van der Waals surface area contributed by atoms with Crippen LogP contribution in [0.15, 0.2) is 76.4 Å². The van der Waals surface area contributed by atoms with Gasteiger partial charge in [0.2, 0.25) is 5.88 Å². The summed E-state index contributed by atoms with van der Waals surface area (Å²) in [5.41, 5.74) is 1.50. The van der Waals surface area contributed by atoms with E-state index in [1.165, 1.54) is 11.1 Å². The molecule has 0 atom stereocenters. The summed E-state index contributed by atoms with van der Waals surface area (Å²) in [6.07, 6.45) is 3.16. The second-order valence-electron chi connectivity index (χ2n) is 5.77. The van der Waals surface area contributed by atoms with Gasteiger partial charge < -0.3 is 4.74 Å². The lowest BCUT2D eigenvalue weighted by atomic mass is 10.2. The number of methoxy groups -OCH3 is 1. The topological polar surface area (TPSA) is 74.1 Å². The molecule has 3 aromatic heterocycles. The number of aromatic nitrogens is 3. The molecule has 0 fully saturated rings. The standard InChI is InChI=1S/C19H14BrN3O3S/c1-26-18-11-13(7-8-21-18)17-10-14-9-15(20)12-22-19(14)23(17)27(24,25)16-5-3-2-4-6-16/h2-12H,1H3. The van der Waals surface area contributed by atoms with Gasteiger partial charge in [0.25, 0.3) is 10.0 Å². The fraction of sp³-hybridized carbons (Fsp3) is 0.0526. The van der Waals surface area contributed by atoms with E-state index in [9.17, 15) is 8.42 Å². The summed E-state index contributed by atoms with van der Waals surface area (Å²) in [6, 6.07) is 15.4. The van der Waals surface area contributed by atoms with Gasteiger partial charge in [-0.2, -0.15) is 0 Å². The van der Waals surface area contributed by atoms with Crippen molar-refractivity contribution in [2.45, 2.75) is 4.90 Å². The molecule has 0 bridgehead atoms. The third-order valence-electron chi connectivity index (χ3n) is 4.09. The number of rotatable bonds is 4. The molecule has 0 aliphatic heterocycles. The second kappa shape index (κ2) is 6.79. The van der Waals surface area contributed by atoms with E-state index >= 15 is 0 Å². The van der Waals surface area contributed by atoms with Gasteiger partial charge in [-0.1, -0.05) is 18.2 Å². The van der Waals surface area contributed by atoms with Crippen LogP contribution in [0.25, 0.3) is 22.3 Å². The van der Waals surface area contributed by atoms with Crippen molar-refractivity contribution >= 4 is 37.0 Å². The maximum Gasteiger partial charge on any atom is 0.269 e. The van der Waals surface area contributed by atoms with Gasteiger partial charge in [0.15, 0.2) is 5.65 Å². The fourth-order valence-corrected chi connectivity index (χ4v) is 4.72. The second-order valence-corrected chi connectivity index (χ2v) is 8.47. The minimum atomic E-state index is -3.86. The number of hydrogen-bond donors (Lipinski definition) is 0. The molecular formula is C19H14BrN3O3S. The Balaban J connectivity index is 2.06. The first-order valence-corrected chi connectivity index (χ1v) is 10.2. The summed E-state index contributed by atoms with van der Waals surface area (Å²) in [5.74, 6) is 0.399. The molecule has 27 heavy (non-hydrogen) atoms. The van der Waals surface area contributed by atoms with E-state index in [-0.39, 0.29) is 4.90 Å². The minimum absolute atomic E-state index is 0.189. The Morgan fingerprint density at radius 2 is 1.81 bits per heavy atom. The maximum absolute atomic E-state index is 13.4. The van der Waals surface area contributed by atoms with Gasteiger partial charge in [0.05, 0.1) is 17.7 Å². The molecule has 6 nitrogen and oxygen atoms in total. The van der Waals surface area contributed by atoms with Crippen LogP contribution in [0.3, 0.4) is 0 Å². The Morgan fingerprint density at radius 1 is 1.04 bits per heavy atom. The quantitative estimate of drug-likeness (QED) is 0.474. The van der Waals surface area contributed by atoms with E-state index in [0.29, 0.717) is 28.2 Å². The van der Waals surface area contributed by atoms with Crippen molar-refractivity contribution in [1.29, 1.82) is 0 Å². The molecule has 0 amide bonds. The van der Waals surface area contributed by atoms with Gasteiger partial charge in [-0.25, -0.2) is 22.4 Å². The van der Waals surface area contributed by atoms with E-state index in [0.717, 1.165) is 4.47 Å². The van der Waals surface area contributed by atoms with Crippen molar-refractivity contribution < 1.29 is 13.2 Å². The van der Waals surface area contributed by atoms with Crippen molar-refractivity contribution in [3.8, 4) is 17.1 Å². The summed E-state index contributed by atoms with van der Waals surface area (Å²) in [7, 11) is -2.34. The van der Waals surface area contributed by atoms with Gasteiger partial charge in [0.1, 0.15) is 0 Å². The Kier molecular flexibility index (Phi) is 4.45. The van der Waals surface area contributed by atoms with E-state index in [2.05, 4.69) is 25.9 Å². The van der Waals surface area contributed by atoms with Gasteiger partial charge in [-0.3, -0.25) is 0 Å². The van der Waals surface area contributed by atoms with E-state index < -0.39 is 10.0 Å². The molecule has 0 saturated heterocycles. The SMILES string of the molecule is COc1cc(-c2cc3cc(Br)cnc3n2S(=O)(=O)c2ccccc2)ccn1. The zero-order valence-electron chi connectivity index (χ0n) is 14.2. The molecule has 8 heteroatoms. The number of pyridine rings is 2. The molecular weight excluding hydrogens is 430 g/mol. The molecule has 0 aliphatic rings. The van der Waals surface area contributed by atoms with E-state index in [1.54, 1.807) is 60.9 Å². The summed E-state index contributed by atoms with van der Waals surface area (Å²) >= 11 is 3.39. The lowest BCUT2D eigenvalue weighted by Gasteiger charge is -2.12. The molecule has 136 valence electrons. The molecule has 0 spiro atoms. The number of benzene rings is 1. The van der Waals surface area contributed by atoms with Crippen molar-refractivity contribution in [1.82, 2.24) is 13.9 Å². The van der Waals surface area contributed by atoms with Crippen LogP contribution in [0.1, 0.15) is 0 Å². The van der Waals surface area contributed by atoms with Crippen molar-refractivity contribution in [2.75, 3.05) is 7.11 Å². The minimum Gasteiger partial charge on any atom is -0.481 e. The van der Waals surface area contributed by atoms with Crippen LogP contribution < -0.4 is 4.74 Å². The van der Waals surface area contributed by atoms with Gasteiger partial charge >= 0.3 is 0 Å². The monoisotopic (exact) mass is 443 g/mol. The van der Waals surface area contributed by atoms with Crippen LogP contribution in [0, 0.1) is 0 Å². The first-order valence-electron chi connectivity index (χ1n) is 7.99. The van der Waals surface area contributed by atoms with E-state index in [4.69, 9.17) is 4.74 Å². The summed E-state index contributed by atoms with van der Waals surface area (Å²) in [4.78, 5) is 8.64. The van der Waals surface area contributed by atoms with Crippen molar-refractivity contribution in [2.24, 2.45) is 0 Å². The van der Waals surface area contributed by atoms with Gasteiger partial charge in [0, 0.05) is 33.9 Å². The molecule has 0 N–H and O–H groups in total. The lowest BCUT2D eigenvalue weighted by Crippen LogP contribution is -2.14. The molecule has 4 rings (SSSR count). The van der Waals surface area contributed by atoms with Gasteiger partial charge in [-0.15, -0.1) is 0 Å². The maximum atomic E-state index is 13.4. The number of ether oxygens (including phenoxy) is 1. The third kappa shape index (κ3) is 3.11. The molecule has 0 saturated carbocycles. The zero-order chi connectivity index (χ0) is 19.0. The molecule has 0 unspecified atom stereocenters. The van der Waals surface area contributed by atoms with Crippen LogP contribution in [0.4, 0.5) is 0 Å². The number of hydrogen-bond acceptors (Lipinski definition) is 5. The molecule has 3 heterocycles. The number of nitrogens with zero attached hydrogens (tertiary/aromatic N) is 3. The van der Waals surface area contributed by atoms with Crippen molar-refractivity contribution in [3.63, 3.8) is 0 Å². The lowest BCUT2D eigenvalue weighted by molar-refractivity contribution is 0.398. The van der Waals surface area contributed by atoms with Crippen LogP contribution in [-0.4, -0.2) is 29.5 Å². The highest BCUT2D eigenvalue weighted by atomic mass is 79.9. The van der Waals surface area contributed by atoms with Crippen molar-refractivity contribution in [3.05, 3.63) is 71.5 Å². The van der Waals surface area contributed by atoms with Crippen LogP contribution >= 0.6 is 15.9 Å². The molecule has 0 aliphatic carbocycles. The average Bonchev–Trinajstić information content (AvgIpc) is 3.08. The molecule has 1 aromatic carbocycles. The first-order chi connectivity index (χ1) is 13.0. The summed E-state index contributed by atoms with van der Waals surface area (Å²) < 4.78 is 34.0. The van der Waals surface area contributed by atoms with Gasteiger partial charge in [-0.05, 0) is 46.3 Å². The summed E-state index contributed by atoms with van der Waals surface area (Å²) in [6.45, 7) is 0. The Bertz CT molecular complexity index is 1240. The first kappa shape index (κ1) is 17.7. The predicted molar refractivity (Wildman–Crippen MR) is 106 cm³/mol. The highest BCUT2D eigenvalue weighted by Crippen LogP contribution is 2.33. The third-order valence-corrected chi connectivity index (χ3v) is 6.24. The predicted octanol–water partition coefficient (Wildman–Crippen LogP) is 4.11. The highest BCUT2D eigenvalue weighted by molar-refractivity contribution is 9.10. The number of fused-ring (bicyclic) bond motifs is 1. The Morgan fingerprint density at radius 3 is 2.56 bits per heavy atom. The zero-order valence-corrected chi connectivity index (χ0v) is 16.6. The van der Waals surface area contributed by atoms with Crippen LogP contribution in [0.5, 0.6) is 5.88 Å². The summed E-state index contributed by atoms with van der Waals surface area (Å²) in [5, 5.41) is 0.703. The Labute approximate surface area is 164 Å². The molecule has 4 aromatic rings. The smallest absolute Gasteiger partial charge is 0.269 e. The average molecular weight is 444 g/mol.